The number of alkyl halides is 2. The summed E-state index contributed by atoms with van der Waals surface area (Å²) in [7, 11) is 0. The normalized spacial score (nSPS) is 16.9. The Morgan fingerprint density at radius 3 is 2.73 bits per heavy atom. The average Bonchev–Trinajstić information content (AvgIpc) is 2.80. The second-order valence-electron chi connectivity index (χ2n) is 7.54. The zero-order valence-corrected chi connectivity index (χ0v) is 17.9. The molecule has 1 aromatic heterocycles. The van der Waals surface area contributed by atoms with Gasteiger partial charge >= 0.3 is 0 Å². The maximum Gasteiger partial charge on any atom is 0.298 e. The van der Waals surface area contributed by atoms with Gasteiger partial charge in [-0.2, -0.15) is 5.26 Å². The summed E-state index contributed by atoms with van der Waals surface area (Å²) < 4.78 is 26.7. The molecule has 1 aliphatic rings. The van der Waals surface area contributed by atoms with Crippen LogP contribution in [0.5, 0.6) is 0 Å². The van der Waals surface area contributed by atoms with Crippen molar-refractivity contribution in [3.63, 3.8) is 0 Å². The number of nitriles is 1. The van der Waals surface area contributed by atoms with Gasteiger partial charge in [-0.1, -0.05) is 42.0 Å². The number of hydrogen-bond donors (Lipinski definition) is 1. The van der Waals surface area contributed by atoms with Gasteiger partial charge in [0.25, 0.3) is 11.8 Å². The van der Waals surface area contributed by atoms with E-state index in [2.05, 4.69) is 10.3 Å². The Bertz CT molecular complexity index is 1320. The molecule has 0 spiro atoms. The first-order valence-electron chi connectivity index (χ1n) is 9.95. The van der Waals surface area contributed by atoms with Crippen LogP contribution in [-0.2, 0) is 4.79 Å². The van der Waals surface area contributed by atoms with Gasteiger partial charge in [-0.15, -0.1) is 0 Å². The molecule has 166 valence electrons. The van der Waals surface area contributed by atoms with E-state index < -0.39 is 36.9 Å². The zero-order chi connectivity index (χ0) is 23.6. The van der Waals surface area contributed by atoms with E-state index >= 15 is 0 Å². The minimum absolute atomic E-state index is 0.271. The van der Waals surface area contributed by atoms with Gasteiger partial charge in [-0.3, -0.25) is 14.6 Å². The number of carbonyl (C=O) groups is 2. The van der Waals surface area contributed by atoms with Crippen molar-refractivity contribution >= 4 is 46.3 Å². The maximum absolute atomic E-state index is 13.3. The molecule has 1 aliphatic heterocycles. The number of fused-ring (bicyclic) bond motifs is 1. The molecule has 9 heteroatoms. The summed E-state index contributed by atoms with van der Waals surface area (Å²) in [6.45, 7) is -1.33. The first-order valence-corrected chi connectivity index (χ1v) is 10.3. The highest BCUT2D eigenvalue weighted by molar-refractivity contribution is 6.31. The van der Waals surface area contributed by atoms with Gasteiger partial charge < -0.3 is 10.2 Å². The van der Waals surface area contributed by atoms with Gasteiger partial charge in [-0.25, -0.2) is 8.78 Å². The molecule has 0 radical (unpaired) electrons. The van der Waals surface area contributed by atoms with Crippen LogP contribution in [0.2, 0.25) is 5.02 Å². The van der Waals surface area contributed by atoms with Gasteiger partial charge in [0.05, 0.1) is 19.2 Å². The minimum atomic E-state index is -3.23. The third-order valence-electron chi connectivity index (χ3n) is 5.31. The Morgan fingerprint density at radius 1 is 1.21 bits per heavy atom. The third kappa shape index (κ3) is 4.69. The summed E-state index contributed by atoms with van der Waals surface area (Å²) in [6, 6.07) is 12.5. The Balaban J connectivity index is 1.45. The van der Waals surface area contributed by atoms with E-state index in [9.17, 15) is 18.4 Å². The molecule has 33 heavy (non-hydrogen) atoms. The molecule has 1 atom stereocenters. The summed E-state index contributed by atoms with van der Waals surface area (Å²) in [5, 5.41) is 13.9. The lowest BCUT2D eigenvalue weighted by molar-refractivity contribution is -0.180. The van der Waals surface area contributed by atoms with Gasteiger partial charge in [0.15, 0.2) is 6.04 Å². The molecule has 0 aliphatic carbocycles. The number of amides is 2. The van der Waals surface area contributed by atoms with Crippen LogP contribution in [0.1, 0.15) is 21.5 Å². The zero-order valence-electron chi connectivity index (χ0n) is 17.1. The van der Waals surface area contributed by atoms with E-state index in [1.165, 1.54) is 24.5 Å². The monoisotopic (exact) mass is 466 g/mol. The first kappa shape index (κ1) is 22.4. The standard InChI is InChI=1S/C24H17ClF2N4O2/c25-19-6-5-16-9-15(1-3-17(16)10-19)2-4-18-12-29-8-7-20(18)23(33)30-13-22(32)31-14-24(26,27)21(31)11-28/h1-10,12,21H,13-14H2,(H,30,33). The number of halogens is 3. The number of rotatable bonds is 5. The van der Waals surface area contributed by atoms with E-state index in [1.807, 2.05) is 42.5 Å². The summed E-state index contributed by atoms with van der Waals surface area (Å²) in [4.78, 5) is 29.6. The van der Waals surface area contributed by atoms with E-state index in [-0.39, 0.29) is 5.56 Å². The topological polar surface area (TPSA) is 86.1 Å². The molecular formula is C24H17ClF2N4O2. The lowest BCUT2D eigenvalue weighted by atomic mass is 9.99. The molecule has 2 aromatic carbocycles. The second-order valence-corrected chi connectivity index (χ2v) is 7.98. The summed E-state index contributed by atoms with van der Waals surface area (Å²) in [5.41, 5.74) is 1.69. The molecule has 2 amide bonds. The summed E-state index contributed by atoms with van der Waals surface area (Å²) in [5.74, 6) is -4.53. The number of likely N-dealkylation sites (tertiary alicyclic amines) is 1. The Morgan fingerprint density at radius 2 is 1.97 bits per heavy atom. The molecule has 1 N–H and O–H groups in total. The molecular weight excluding hydrogens is 450 g/mol. The molecule has 1 fully saturated rings. The molecule has 1 unspecified atom stereocenters. The quantitative estimate of drug-likeness (QED) is 0.611. The van der Waals surface area contributed by atoms with Gasteiger partial charge in [-0.05, 0) is 40.6 Å². The number of aromatic nitrogens is 1. The number of nitrogens with zero attached hydrogens (tertiary/aromatic N) is 3. The van der Waals surface area contributed by atoms with Crippen LogP contribution < -0.4 is 5.32 Å². The van der Waals surface area contributed by atoms with Gasteiger partial charge in [0, 0.05) is 28.5 Å². The molecule has 2 heterocycles. The van der Waals surface area contributed by atoms with Crippen molar-refractivity contribution in [2.24, 2.45) is 0 Å². The second kappa shape index (κ2) is 8.96. The highest BCUT2D eigenvalue weighted by Crippen LogP contribution is 2.34. The number of pyridine rings is 1. The van der Waals surface area contributed by atoms with Crippen molar-refractivity contribution in [1.82, 2.24) is 15.2 Å². The predicted octanol–water partition coefficient (Wildman–Crippen LogP) is 4.16. The molecule has 0 bridgehead atoms. The van der Waals surface area contributed by atoms with Crippen molar-refractivity contribution < 1.29 is 18.4 Å². The summed E-state index contributed by atoms with van der Waals surface area (Å²) in [6.07, 6.45) is 6.50. The molecule has 0 saturated carbocycles. The first-order chi connectivity index (χ1) is 15.8. The number of benzene rings is 2. The van der Waals surface area contributed by atoms with Crippen molar-refractivity contribution in [1.29, 1.82) is 5.26 Å². The number of carbonyl (C=O) groups excluding carboxylic acids is 2. The van der Waals surface area contributed by atoms with Crippen LogP contribution in [-0.4, -0.2) is 46.8 Å². The van der Waals surface area contributed by atoms with Crippen LogP contribution in [0.4, 0.5) is 8.78 Å². The number of hydrogen-bond acceptors (Lipinski definition) is 4. The largest absolute Gasteiger partial charge is 0.343 e. The lowest BCUT2D eigenvalue weighted by Gasteiger charge is -2.43. The van der Waals surface area contributed by atoms with Gasteiger partial charge in [0.2, 0.25) is 5.91 Å². The smallest absolute Gasteiger partial charge is 0.298 e. The fraction of sp³-hybridized carbons (Fsp3) is 0.167. The third-order valence-corrected chi connectivity index (χ3v) is 5.55. The van der Waals surface area contributed by atoms with Crippen molar-refractivity contribution in [2.75, 3.05) is 13.1 Å². The van der Waals surface area contributed by atoms with Crippen LogP contribution in [0.15, 0.2) is 54.9 Å². The Kier molecular flexibility index (Phi) is 6.07. The average molecular weight is 467 g/mol. The Hall–Kier alpha value is -3.83. The Labute approximate surface area is 193 Å². The van der Waals surface area contributed by atoms with Gasteiger partial charge in [0.1, 0.15) is 0 Å². The fourth-order valence-electron chi connectivity index (χ4n) is 3.54. The van der Waals surface area contributed by atoms with Crippen LogP contribution in [0.25, 0.3) is 22.9 Å². The van der Waals surface area contributed by atoms with Crippen molar-refractivity contribution in [2.45, 2.75) is 12.0 Å². The van der Waals surface area contributed by atoms with E-state index in [1.54, 1.807) is 6.08 Å². The van der Waals surface area contributed by atoms with Crippen LogP contribution in [0.3, 0.4) is 0 Å². The van der Waals surface area contributed by atoms with Crippen LogP contribution >= 0.6 is 11.6 Å². The van der Waals surface area contributed by atoms with Crippen molar-refractivity contribution in [3.8, 4) is 6.07 Å². The lowest BCUT2D eigenvalue weighted by Crippen LogP contribution is -2.67. The fourth-order valence-corrected chi connectivity index (χ4v) is 3.72. The van der Waals surface area contributed by atoms with E-state index in [0.29, 0.717) is 10.6 Å². The number of nitrogens with one attached hydrogen (secondary N) is 1. The molecule has 1 saturated heterocycles. The molecule has 4 rings (SSSR count). The van der Waals surface area contributed by atoms with E-state index in [4.69, 9.17) is 16.9 Å². The SMILES string of the molecule is N#CC1N(C(=O)CNC(=O)c2ccncc2C=Cc2ccc3cc(Cl)ccc3c2)CC1(F)F. The summed E-state index contributed by atoms with van der Waals surface area (Å²) >= 11 is 6.02. The van der Waals surface area contributed by atoms with Crippen LogP contribution in [0, 0.1) is 11.3 Å². The predicted molar refractivity (Wildman–Crippen MR) is 121 cm³/mol. The van der Waals surface area contributed by atoms with E-state index in [0.717, 1.165) is 21.2 Å². The van der Waals surface area contributed by atoms with Crippen molar-refractivity contribution in [3.05, 3.63) is 76.6 Å². The minimum Gasteiger partial charge on any atom is -0.343 e. The molecule has 3 aromatic rings. The maximum atomic E-state index is 13.3. The highest BCUT2D eigenvalue weighted by atomic mass is 35.5. The highest BCUT2D eigenvalue weighted by Gasteiger charge is 2.57. The molecule has 6 nitrogen and oxygen atoms in total.